The summed E-state index contributed by atoms with van der Waals surface area (Å²) in [5.41, 5.74) is 12.2. The smallest absolute Gasteiger partial charge is 0.236 e. The van der Waals surface area contributed by atoms with Gasteiger partial charge in [0.15, 0.2) is 0 Å². The minimum atomic E-state index is -0.406. The van der Waals surface area contributed by atoms with Gasteiger partial charge in [0, 0.05) is 6.54 Å². The predicted octanol–water partition coefficient (Wildman–Crippen LogP) is 1.23. The molecule has 0 aliphatic carbocycles. The first-order valence-electron chi connectivity index (χ1n) is 4.63. The molecule has 5 heteroatoms. The predicted molar refractivity (Wildman–Crippen MR) is 62.9 cm³/mol. The molecular formula is C10H14ClN3O. The molecule has 1 rings (SSSR count). The van der Waals surface area contributed by atoms with Crippen molar-refractivity contribution in [1.29, 1.82) is 0 Å². The van der Waals surface area contributed by atoms with E-state index < -0.39 is 5.91 Å². The van der Waals surface area contributed by atoms with Crippen molar-refractivity contribution in [3.8, 4) is 0 Å². The second-order valence-corrected chi connectivity index (χ2v) is 3.57. The molecule has 0 heterocycles. The van der Waals surface area contributed by atoms with E-state index in [1.807, 2.05) is 6.92 Å². The molecule has 0 aliphatic heterocycles. The Labute approximate surface area is 93.8 Å². The molecule has 15 heavy (non-hydrogen) atoms. The SMILES string of the molecule is CCN(CC(N)=O)c1c(N)cccc1Cl. The molecule has 0 aliphatic rings. The van der Waals surface area contributed by atoms with Crippen molar-refractivity contribution in [3.63, 3.8) is 0 Å². The number of hydrogen-bond acceptors (Lipinski definition) is 3. The molecule has 0 unspecified atom stereocenters. The van der Waals surface area contributed by atoms with Gasteiger partial charge in [-0.05, 0) is 19.1 Å². The van der Waals surface area contributed by atoms with E-state index in [9.17, 15) is 4.79 Å². The summed E-state index contributed by atoms with van der Waals surface area (Å²) in [5.74, 6) is -0.406. The van der Waals surface area contributed by atoms with Crippen LogP contribution in [0.15, 0.2) is 18.2 Å². The molecule has 0 fully saturated rings. The summed E-state index contributed by atoms with van der Waals surface area (Å²) in [6.07, 6.45) is 0. The number of halogens is 1. The van der Waals surface area contributed by atoms with Crippen LogP contribution in [-0.4, -0.2) is 19.0 Å². The summed E-state index contributed by atoms with van der Waals surface area (Å²) in [4.78, 5) is 12.6. The fourth-order valence-corrected chi connectivity index (χ4v) is 1.70. The van der Waals surface area contributed by atoms with Crippen molar-refractivity contribution in [1.82, 2.24) is 0 Å². The number of nitrogens with zero attached hydrogens (tertiary/aromatic N) is 1. The van der Waals surface area contributed by atoms with Gasteiger partial charge in [-0.1, -0.05) is 17.7 Å². The highest BCUT2D eigenvalue weighted by Crippen LogP contribution is 2.31. The van der Waals surface area contributed by atoms with Gasteiger partial charge in [-0.3, -0.25) is 4.79 Å². The molecule has 4 N–H and O–H groups in total. The van der Waals surface area contributed by atoms with Gasteiger partial charge in [0.25, 0.3) is 0 Å². The fraction of sp³-hybridized carbons (Fsp3) is 0.300. The third kappa shape index (κ3) is 2.76. The fourth-order valence-electron chi connectivity index (χ4n) is 1.40. The Morgan fingerprint density at radius 2 is 2.20 bits per heavy atom. The zero-order valence-electron chi connectivity index (χ0n) is 8.53. The third-order valence-corrected chi connectivity index (χ3v) is 2.37. The van der Waals surface area contributed by atoms with Gasteiger partial charge in [-0.15, -0.1) is 0 Å². The number of nitrogen functional groups attached to an aromatic ring is 1. The maximum atomic E-state index is 10.9. The van der Waals surface area contributed by atoms with E-state index in [4.69, 9.17) is 23.1 Å². The summed E-state index contributed by atoms with van der Waals surface area (Å²) >= 11 is 6.01. The molecule has 0 radical (unpaired) electrons. The molecule has 4 nitrogen and oxygen atoms in total. The average molecular weight is 228 g/mol. The van der Waals surface area contributed by atoms with E-state index in [-0.39, 0.29) is 6.54 Å². The molecule has 0 saturated carbocycles. The molecule has 0 bridgehead atoms. The number of para-hydroxylation sites is 1. The lowest BCUT2D eigenvalue weighted by atomic mass is 10.2. The lowest BCUT2D eigenvalue weighted by molar-refractivity contribution is -0.116. The van der Waals surface area contributed by atoms with Crippen LogP contribution in [0.5, 0.6) is 0 Å². The van der Waals surface area contributed by atoms with Crippen molar-refractivity contribution in [2.45, 2.75) is 6.92 Å². The van der Waals surface area contributed by atoms with Crippen molar-refractivity contribution >= 4 is 28.9 Å². The van der Waals surface area contributed by atoms with Crippen molar-refractivity contribution < 1.29 is 4.79 Å². The van der Waals surface area contributed by atoms with Gasteiger partial charge in [0.1, 0.15) is 0 Å². The number of benzene rings is 1. The molecule has 0 aromatic heterocycles. The van der Waals surface area contributed by atoms with Crippen LogP contribution in [0.4, 0.5) is 11.4 Å². The monoisotopic (exact) mass is 227 g/mol. The van der Waals surface area contributed by atoms with E-state index in [0.717, 1.165) is 0 Å². The summed E-state index contributed by atoms with van der Waals surface area (Å²) in [5, 5.41) is 0.526. The minimum Gasteiger partial charge on any atom is -0.397 e. The highest BCUT2D eigenvalue weighted by molar-refractivity contribution is 6.34. The van der Waals surface area contributed by atoms with Gasteiger partial charge < -0.3 is 16.4 Å². The Kier molecular flexibility index (Phi) is 3.80. The van der Waals surface area contributed by atoms with Crippen LogP contribution in [-0.2, 0) is 4.79 Å². The first-order chi connectivity index (χ1) is 7.06. The van der Waals surface area contributed by atoms with Crippen LogP contribution >= 0.6 is 11.6 Å². The van der Waals surface area contributed by atoms with Crippen molar-refractivity contribution in [2.24, 2.45) is 5.73 Å². The Balaban J connectivity index is 3.05. The normalized spacial score (nSPS) is 10.0. The molecule has 0 atom stereocenters. The summed E-state index contributed by atoms with van der Waals surface area (Å²) in [6, 6.07) is 5.24. The van der Waals surface area contributed by atoms with Crippen LogP contribution in [0.1, 0.15) is 6.92 Å². The summed E-state index contributed by atoms with van der Waals surface area (Å²) in [6.45, 7) is 2.65. The lowest BCUT2D eigenvalue weighted by Gasteiger charge is -2.23. The first-order valence-corrected chi connectivity index (χ1v) is 5.01. The molecule has 1 aromatic rings. The molecular weight excluding hydrogens is 214 g/mol. The molecule has 1 aromatic carbocycles. The summed E-state index contributed by atoms with van der Waals surface area (Å²) in [7, 11) is 0. The van der Waals surface area contributed by atoms with Gasteiger partial charge in [0.05, 0.1) is 22.9 Å². The number of carbonyl (C=O) groups is 1. The highest BCUT2D eigenvalue weighted by atomic mass is 35.5. The number of anilines is 2. The number of hydrogen-bond donors (Lipinski definition) is 2. The van der Waals surface area contributed by atoms with Crippen LogP contribution in [0, 0.1) is 0 Å². The number of rotatable bonds is 4. The van der Waals surface area contributed by atoms with Gasteiger partial charge in [0.2, 0.25) is 5.91 Å². The second-order valence-electron chi connectivity index (χ2n) is 3.16. The molecule has 0 spiro atoms. The maximum Gasteiger partial charge on any atom is 0.236 e. The van der Waals surface area contributed by atoms with Gasteiger partial charge in [-0.25, -0.2) is 0 Å². The lowest BCUT2D eigenvalue weighted by Crippen LogP contribution is -2.34. The van der Waals surface area contributed by atoms with Crippen molar-refractivity contribution in [3.05, 3.63) is 23.2 Å². The average Bonchev–Trinajstić information content (AvgIpc) is 2.15. The van der Waals surface area contributed by atoms with Gasteiger partial charge in [-0.2, -0.15) is 0 Å². The topological polar surface area (TPSA) is 72.3 Å². The van der Waals surface area contributed by atoms with E-state index in [0.29, 0.717) is 22.9 Å². The molecule has 0 saturated heterocycles. The Hall–Kier alpha value is -1.42. The zero-order chi connectivity index (χ0) is 11.4. The second kappa shape index (κ2) is 4.89. The number of nitrogens with two attached hydrogens (primary N) is 2. The number of amides is 1. The number of carbonyl (C=O) groups excluding carboxylic acids is 1. The van der Waals surface area contributed by atoms with E-state index in [1.54, 1.807) is 23.1 Å². The largest absolute Gasteiger partial charge is 0.397 e. The molecule has 1 amide bonds. The Bertz CT molecular complexity index is 347. The van der Waals surface area contributed by atoms with Crippen LogP contribution in [0.3, 0.4) is 0 Å². The Morgan fingerprint density at radius 3 is 2.67 bits per heavy atom. The van der Waals surface area contributed by atoms with Crippen LogP contribution in [0.25, 0.3) is 0 Å². The summed E-state index contributed by atoms with van der Waals surface area (Å²) < 4.78 is 0. The quantitative estimate of drug-likeness (QED) is 0.760. The van der Waals surface area contributed by atoms with Crippen molar-refractivity contribution in [2.75, 3.05) is 23.7 Å². The zero-order valence-corrected chi connectivity index (χ0v) is 9.29. The Morgan fingerprint density at radius 1 is 1.53 bits per heavy atom. The number of primary amides is 1. The third-order valence-electron chi connectivity index (χ3n) is 2.06. The van der Waals surface area contributed by atoms with Gasteiger partial charge >= 0.3 is 0 Å². The van der Waals surface area contributed by atoms with Crippen LogP contribution in [0.2, 0.25) is 5.02 Å². The number of likely N-dealkylation sites (N-methyl/N-ethyl adjacent to an activating group) is 1. The minimum absolute atomic E-state index is 0.116. The van der Waals surface area contributed by atoms with Crippen LogP contribution < -0.4 is 16.4 Å². The molecule has 82 valence electrons. The highest BCUT2D eigenvalue weighted by Gasteiger charge is 2.13. The first kappa shape index (κ1) is 11.7. The van der Waals surface area contributed by atoms with E-state index >= 15 is 0 Å². The standard InChI is InChI=1S/C10H14ClN3O/c1-2-14(6-9(13)15)10-7(11)4-3-5-8(10)12/h3-5H,2,6,12H2,1H3,(H2,13,15). The van der Waals surface area contributed by atoms with E-state index in [2.05, 4.69) is 0 Å². The van der Waals surface area contributed by atoms with E-state index in [1.165, 1.54) is 0 Å². The maximum absolute atomic E-state index is 10.9.